The molecule has 25 heavy (non-hydrogen) atoms. The van der Waals surface area contributed by atoms with Gasteiger partial charge in [0.15, 0.2) is 5.78 Å². The van der Waals surface area contributed by atoms with Crippen LogP contribution in [0.4, 0.5) is 0 Å². The van der Waals surface area contributed by atoms with Crippen LogP contribution in [0.15, 0.2) is 84.9 Å². The number of benzene rings is 4. The minimum Gasteiger partial charge on any atom is -0.289 e. The van der Waals surface area contributed by atoms with Gasteiger partial charge in [0, 0.05) is 11.1 Å². The fourth-order valence-corrected chi connectivity index (χ4v) is 3.93. The highest BCUT2D eigenvalue weighted by Crippen LogP contribution is 2.38. The van der Waals surface area contributed by atoms with Gasteiger partial charge in [-0.15, -0.1) is 0 Å². The fraction of sp³-hybridized carbons (Fsp3) is 0.0417. The van der Waals surface area contributed by atoms with Crippen molar-refractivity contribution in [1.29, 1.82) is 0 Å². The van der Waals surface area contributed by atoms with Gasteiger partial charge < -0.3 is 0 Å². The largest absolute Gasteiger partial charge is 0.289 e. The topological polar surface area (TPSA) is 17.1 Å². The van der Waals surface area contributed by atoms with E-state index in [0.29, 0.717) is 0 Å². The Morgan fingerprint density at radius 3 is 2.28 bits per heavy atom. The summed E-state index contributed by atoms with van der Waals surface area (Å²) in [5.41, 5.74) is 6.30. The normalized spacial score (nSPS) is 12.7. The maximum absolute atomic E-state index is 13.3. The van der Waals surface area contributed by atoms with Crippen LogP contribution in [0, 0.1) is 0 Å². The lowest BCUT2D eigenvalue weighted by Crippen LogP contribution is -2.16. The van der Waals surface area contributed by atoms with Gasteiger partial charge in [-0.3, -0.25) is 4.79 Å². The van der Waals surface area contributed by atoms with Crippen molar-refractivity contribution in [2.45, 2.75) is 6.42 Å². The van der Waals surface area contributed by atoms with Crippen molar-refractivity contribution in [2.75, 3.05) is 0 Å². The van der Waals surface area contributed by atoms with Crippen molar-refractivity contribution in [3.63, 3.8) is 0 Å². The van der Waals surface area contributed by atoms with E-state index >= 15 is 0 Å². The van der Waals surface area contributed by atoms with Crippen molar-refractivity contribution < 1.29 is 4.79 Å². The summed E-state index contributed by atoms with van der Waals surface area (Å²) >= 11 is 0. The van der Waals surface area contributed by atoms with E-state index in [-0.39, 0.29) is 5.78 Å². The van der Waals surface area contributed by atoms with Gasteiger partial charge in [-0.25, -0.2) is 0 Å². The van der Waals surface area contributed by atoms with E-state index in [9.17, 15) is 4.79 Å². The SMILES string of the molecule is O=C1c2ccccc2Cc2c(-c3ccccc3)cc3ccccc3c21. The number of hydrogen-bond acceptors (Lipinski definition) is 1. The van der Waals surface area contributed by atoms with Gasteiger partial charge >= 0.3 is 0 Å². The summed E-state index contributed by atoms with van der Waals surface area (Å²) in [4.78, 5) is 13.3. The maximum atomic E-state index is 13.3. The Kier molecular flexibility index (Phi) is 3.07. The predicted octanol–water partition coefficient (Wildman–Crippen LogP) is 5.64. The van der Waals surface area contributed by atoms with E-state index in [2.05, 4.69) is 48.5 Å². The Morgan fingerprint density at radius 2 is 1.40 bits per heavy atom. The van der Waals surface area contributed by atoms with Crippen LogP contribution in [0.25, 0.3) is 21.9 Å². The molecule has 0 heterocycles. The van der Waals surface area contributed by atoms with Crippen molar-refractivity contribution in [3.8, 4) is 11.1 Å². The first-order valence-electron chi connectivity index (χ1n) is 8.55. The molecule has 4 aromatic rings. The molecular formula is C24H16O. The molecule has 1 nitrogen and oxygen atoms in total. The molecular weight excluding hydrogens is 304 g/mol. The average molecular weight is 320 g/mol. The summed E-state index contributed by atoms with van der Waals surface area (Å²) in [6, 6.07) is 28.8. The van der Waals surface area contributed by atoms with Crippen LogP contribution in [-0.4, -0.2) is 5.78 Å². The lowest BCUT2D eigenvalue weighted by Gasteiger charge is -2.23. The van der Waals surface area contributed by atoms with Crippen LogP contribution in [0.2, 0.25) is 0 Å². The number of ketones is 1. The van der Waals surface area contributed by atoms with E-state index in [1.807, 2.05) is 36.4 Å². The van der Waals surface area contributed by atoms with E-state index in [0.717, 1.165) is 50.6 Å². The standard InChI is InChI=1S/C24H16O/c25-24-20-13-7-5-11-18(20)15-22-21(16-8-2-1-3-9-16)14-17-10-4-6-12-19(17)23(22)24/h1-14H,15H2. The summed E-state index contributed by atoms with van der Waals surface area (Å²) in [5.74, 6) is 0.144. The second kappa shape index (κ2) is 5.42. The summed E-state index contributed by atoms with van der Waals surface area (Å²) in [6.07, 6.45) is 0.798. The number of fused-ring (bicyclic) bond motifs is 4. The number of rotatable bonds is 1. The van der Waals surface area contributed by atoms with Crippen LogP contribution < -0.4 is 0 Å². The second-order valence-electron chi connectivity index (χ2n) is 6.53. The summed E-state index contributed by atoms with van der Waals surface area (Å²) in [7, 11) is 0. The fourth-order valence-electron chi connectivity index (χ4n) is 3.93. The molecule has 0 saturated heterocycles. The zero-order valence-corrected chi connectivity index (χ0v) is 13.7. The Bertz CT molecular complexity index is 1120. The van der Waals surface area contributed by atoms with Gasteiger partial charge in [-0.05, 0) is 45.5 Å². The maximum Gasteiger partial charge on any atom is 0.194 e. The Balaban J connectivity index is 1.89. The molecule has 0 bridgehead atoms. The molecule has 1 aliphatic carbocycles. The minimum absolute atomic E-state index is 0.144. The van der Waals surface area contributed by atoms with Crippen LogP contribution in [0.1, 0.15) is 27.0 Å². The third kappa shape index (κ3) is 2.13. The third-order valence-corrected chi connectivity index (χ3v) is 5.10. The number of carbonyl (C=O) groups excluding carboxylic acids is 1. The van der Waals surface area contributed by atoms with Crippen LogP contribution in [0.3, 0.4) is 0 Å². The monoisotopic (exact) mass is 320 g/mol. The van der Waals surface area contributed by atoms with Crippen molar-refractivity contribution >= 4 is 16.6 Å². The van der Waals surface area contributed by atoms with Crippen LogP contribution >= 0.6 is 0 Å². The Morgan fingerprint density at radius 1 is 0.680 bits per heavy atom. The van der Waals surface area contributed by atoms with Crippen LogP contribution in [-0.2, 0) is 6.42 Å². The molecule has 0 fully saturated rings. The lowest BCUT2D eigenvalue weighted by atomic mass is 9.79. The van der Waals surface area contributed by atoms with E-state index < -0.39 is 0 Å². The molecule has 0 unspecified atom stereocenters. The molecule has 5 rings (SSSR count). The first kappa shape index (κ1) is 14.2. The minimum atomic E-state index is 0.144. The first-order valence-corrected chi connectivity index (χ1v) is 8.55. The van der Waals surface area contributed by atoms with Gasteiger partial charge in [0.1, 0.15) is 0 Å². The predicted molar refractivity (Wildman–Crippen MR) is 102 cm³/mol. The van der Waals surface area contributed by atoms with Crippen molar-refractivity contribution in [3.05, 3.63) is 107 Å². The summed E-state index contributed by atoms with van der Waals surface area (Å²) < 4.78 is 0. The highest BCUT2D eigenvalue weighted by molar-refractivity contribution is 6.20. The molecule has 0 aromatic heterocycles. The van der Waals surface area contributed by atoms with E-state index in [4.69, 9.17) is 0 Å². The number of hydrogen-bond donors (Lipinski definition) is 0. The van der Waals surface area contributed by atoms with Crippen LogP contribution in [0.5, 0.6) is 0 Å². The molecule has 0 N–H and O–H groups in total. The Hall–Kier alpha value is -3.19. The molecule has 0 spiro atoms. The van der Waals surface area contributed by atoms with Gasteiger partial charge in [0.05, 0.1) is 0 Å². The molecule has 0 aliphatic heterocycles. The quantitative estimate of drug-likeness (QED) is 0.390. The second-order valence-corrected chi connectivity index (χ2v) is 6.53. The van der Waals surface area contributed by atoms with E-state index in [1.165, 1.54) is 0 Å². The lowest BCUT2D eigenvalue weighted by molar-refractivity contribution is 0.103. The smallest absolute Gasteiger partial charge is 0.194 e. The van der Waals surface area contributed by atoms with E-state index in [1.54, 1.807) is 0 Å². The van der Waals surface area contributed by atoms with Gasteiger partial charge in [0.25, 0.3) is 0 Å². The molecule has 4 aromatic carbocycles. The molecule has 118 valence electrons. The first-order chi connectivity index (χ1) is 12.3. The molecule has 1 aliphatic rings. The van der Waals surface area contributed by atoms with Crippen molar-refractivity contribution in [1.82, 2.24) is 0 Å². The highest BCUT2D eigenvalue weighted by Gasteiger charge is 2.27. The molecule has 0 saturated carbocycles. The average Bonchev–Trinajstić information content (AvgIpc) is 2.68. The number of carbonyl (C=O) groups is 1. The zero-order valence-electron chi connectivity index (χ0n) is 13.7. The zero-order chi connectivity index (χ0) is 16.8. The Labute approximate surface area is 146 Å². The third-order valence-electron chi connectivity index (χ3n) is 5.10. The molecule has 0 atom stereocenters. The van der Waals surface area contributed by atoms with Crippen molar-refractivity contribution in [2.24, 2.45) is 0 Å². The molecule has 0 radical (unpaired) electrons. The van der Waals surface area contributed by atoms with Gasteiger partial charge in [-0.2, -0.15) is 0 Å². The summed E-state index contributed by atoms with van der Waals surface area (Å²) in [6.45, 7) is 0. The summed E-state index contributed by atoms with van der Waals surface area (Å²) in [5, 5.41) is 2.17. The molecule has 0 amide bonds. The van der Waals surface area contributed by atoms with Gasteiger partial charge in [0.2, 0.25) is 0 Å². The molecule has 1 heteroatoms. The highest BCUT2D eigenvalue weighted by atomic mass is 16.1. The van der Waals surface area contributed by atoms with Gasteiger partial charge in [-0.1, -0.05) is 78.9 Å².